The van der Waals surface area contributed by atoms with Gasteiger partial charge >= 0.3 is 6.09 Å². The highest BCUT2D eigenvalue weighted by Gasteiger charge is 2.11. The number of hydrogen-bond donors (Lipinski definition) is 1. The van der Waals surface area contributed by atoms with E-state index in [-0.39, 0.29) is 6.09 Å². The largest absolute Gasteiger partial charge is 0.450 e. The molecule has 0 aromatic heterocycles. The molecule has 4 nitrogen and oxygen atoms in total. The van der Waals surface area contributed by atoms with Crippen molar-refractivity contribution in [2.45, 2.75) is 13.5 Å². The molecule has 0 unspecified atom stereocenters. The fourth-order valence-electron chi connectivity index (χ4n) is 1.27. The number of ether oxygens (including phenoxy) is 1. The molecule has 1 rings (SSSR count). The molecule has 0 radical (unpaired) electrons. The number of carbonyl (C=O) groups excluding carboxylic acids is 1. The summed E-state index contributed by atoms with van der Waals surface area (Å²) < 4.78 is 4.86. The van der Waals surface area contributed by atoms with Gasteiger partial charge in [-0.2, -0.15) is 0 Å². The van der Waals surface area contributed by atoms with Crippen molar-refractivity contribution in [2.24, 2.45) is 0 Å². The standard InChI is InChI=1S/C11H15ClN2O2/c1-3-16-11(15)14(2)7-8-6-9(13)4-5-10(8)12/h4-6H,3,7,13H2,1-2H3. The summed E-state index contributed by atoms with van der Waals surface area (Å²) in [6.45, 7) is 2.50. The van der Waals surface area contributed by atoms with Crippen molar-refractivity contribution in [3.8, 4) is 0 Å². The highest BCUT2D eigenvalue weighted by atomic mass is 35.5. The number of nitrogen functional groups attached to an aromatic ring is 1. The lowest BCUT2D eigenvalue weighted by molar-refractivity contribution is 0.114. The van der Waals surface area contributed by atoms with Crippen LogP contribution in [0.15, 0.2) is 18.2 Å². The number of benzene rings is 1. The van der Waals surface area contributed by atoms with Crippen molar-refractivity contribution in [3.63, 3.8) is 0 Å². The van der Waals surface area contributed by atoms with E-state index in [0.717, 1.165) is 5.56 Å². The summed E-state index contributed by atoms with van der Waals surface area (Å²) >= 11 is 5.99. The predicted molar refractivity (Wildman–Crippen MR) is 64.4 cm³/mol. The molecule has 0 atom stereocenters. The third kappa shape index (κ3) is 3.31. The van der Waals surface area contributed by atoms with Crippen LogP contribution in [0.5, 0.6) is 0 Å². The molecule has 0 aliphatic rings. The Bertz CT molecular complexity index is 382. The first-order valence-corrected chi connectivity index (χ1v) is 5.34. The molecule has 5 heteroatoms. The first kappa shape index (κ1) is 12.6. The molecule has 2 N–H and O–H groups in total. The Kier molecular flexibility index (Phi) is 4.43. The maximum absolute atomic E-state index is 11.4. The molecule has 0 fully saturated rings. The Hall–Kier alpha value is -1.42. The van der Waals surface area contributed by atoms with Crippen LogP contribution >= 0.6 is 11.6 Å². The van der Waals surface area contributed by atoms with Gasteiger partial charge in [-0.3, -0.25) is 0 Å². The lowest BCUT2D eigenvalue weighted by Gasteiger charge is -2.17. The molecule has 0 heterocycles. The van der Waals surface area contributed by atoms with E-state index in [1.807, 2.05) is 0 Å². The number of nitrogens with zero attached hydrogens (tertiary/aromatic N) is 1. The van der Waals surface area contributed by atoms with E-state index in [9.17, 15) is 4.79 Å². The van der Waals surface area contributed by atoms with E-state index in [1.165, 1.54) is 4.90 Å². The van der Waals surface area contributed by atoms with E-state index in [2.05, 4.69) is 0 Å². The Morgan fingerprint density at radius 1 is 1.56 bits per heavy atom. The summed E-state index contributed by atoms with van der Waals surface area (Å²) in [5, 5.41) is 0.588. The minimum Gasteiger partial charge on any atom is -0.450 e. The quantitative estimate of drug-likeness (QED) is 0.829. The van der Waals surface area contributed by atoms with Gasteiger partial charge in [0.1, 0.15) is 0 Å². The monoisotopic (exact) mass is 242 g/mol. The second-order valence-corrected chi connectivity index (χ2v) is 3.81. The molecule has 16 heavy (non-hydrogen) atoms. The normalized spacial score (nSPS) is 9.94. The summed E-state index contributed by atoms with van der Waals surface area (Å²) in [6, 6.07) is 5.18. The first-order valence-electron chi connectivity index (χ1n) is 4.96. The summed E-state index contributed by atoms with van der Waals surface area (Å²) in [6.07, 6.45) is -0.374. The third-order valence-corrected chi connectivity index (χ3v) is 2.43. The average molecular weight is 243 g/mol. The van der Waals surface area contributed by atoms with Crippen LogP contribution in [0.2, 0.25) is 5.02 Å². The summed E-state index contributed by atoms with van der Waals surface area (Å²) in [4.78, 5) is 12.8. The number of rotatable bonds is 3. The van der Waals surface area contributed by atoms with Gasteiger partial charge in [0.05, 0.1) is 13.2 Å². The van der Waals surface area contributed by atoms with E-state index < -0.39 is 0 Å². The second kappa shape index (κ2) is 5.61. The molecule has 0 bridgehead atoms. The molecule has 1 aromatic rings. The smallest absolute Gasteiger partial charge is 0.409 e. The third-order valence-electron chi connectivity index (χ3n) is 2.06. The highest BCUT2D eigenvalue weighted by Crippen LogP contribution is 2.20. The Morgan fingerprint density at radius 2 is 2.25 bits per heavy atom. The van der Waals surface area contributed by atoms with E-state index in [1.54, 1.807) is 32.2 Å². The maximum Gasteiger partial charge on any atom is 0.409 e. The van der Waals surface area contributed by atoms with Crippen LogP contribution in [0, 0.1) is 0 Å². The Balaban J connectivity index is 2.72. The van der Waals surface area contributed by atoms with Crippen LogP contribution in [0.25, 0.3) is 0 Å². The lowest BCUT2D eigenvalue weighted by atomic mass is 10.2. The zero-order valence-electron chi connectivity index (χ0n) is 9.37. The minimum atomic E-state index is -0.374. The number of anilines is 1. The predicted octanol–water partition coefficient (Wildman–Crippen LogP) is 2.51. The first-order chi connectivity index (χ1) is 7.54. The number of nitrogens with two attached hydrogens (primary N) is 1. The van der Waals surface area contributed by atoms with Crippen LogP contribution in [-0.4, -0.2) is 24.6 Å². The van der Waals surface area contributed by atoms with Gasteiger partial charge in [0.15, 0.2) is 0 Å². The van der Waals surface area contributed by atoms with Crippen LogP contribution in [0.4, 0.5) is 10.5 Å². The minimum absolute atomic E-state index is 0.355. The van der Waals surface area contributed by atoms with Crippen molar-refractivity contribution in [1.29, 1.82) is 0 Å². The van der Waals surface area contributed by atoms with Gasteiger partial charge in [-0.1, -0.05) is 11.6 Å². The summed E-state index contributed by atoms with van der Waals surface area (Å²) in [5.74, 6) is 0. The number of hydrogen-bond acceptors (Lipinski definition) is 3. The molecule has 0 saturated carbocycles. The van der Waals surface area contributed by atoms with Crippen LogP contribution < -0.4 is 5.73 Å². The number of amides is 1. The van der Waals surface area contributed by atoms with E-state index in [4.69, 9.17) is 22.1 Å². The van der Waals surface area contributed by atoms with Gasteiger partial charge in [-0.15, -0.1) is 0 Å². The average Bonchev–Trinajstić information content (AvgIpc) is 2.23. The molecule has 1 amide bonds. The molecule has 0 spiro atoms. The molecular weight excluding hydrogens is 228 g/mol. The topological polar surface area (TPSA) is 55.6 Å². The zero-order valence-corrected chi connectivity index (χ0v) is 10.1. The van der Waals surface area contributed by atoms with Gasteiger partial charge in [0.25, 0.3) is 0 Å². The molecular formula is C11H15ClN2O2. The second-order valence-electron chi connectivity index (χ2n) is 3.41. The maximum atomic E-state index is 11.4. The summed E-state index contributed by atoms with van der Waals surface area (Å²) in [7, 11) is 1.65. The van der Waals surface area contributed by atoms with Crippen molar-refractivity contribution in [3.05, 3.63) is 28.8 Å². The van der Waals surface area contributed by atoms with Crippen molar-refractivity contribution in [1.82, 2.24) is 4.90 Å². The van der Waals surface area contributed by atoms with Crippen molar-refractivity contribution in [2.75, 3.05) is 19.4 Å². The number of halogens is 1. The lowest BCUT2D eigenvalue weighted by Crippen LogP contribution is -2.27. The van der Waals surface area contributed by atoms with Gasteiger partial charge in [0.2, 0.25) is 0 Å². The fourth-order valence-corrected chi connectivity index (χ4v) is 1.45. The Labute approximate surface area is 99.9 Å². The fraction of sp³-hybridized carbons (Fsp3) is 0.364. The van der Waals surface area contributed by atoms with Gasteiger partial charge in [-0.25, -0.2) is 4.79 Å². The van der Waals surface area contributed by atoms with Crippen LogP contribution in [0.1, 0.15) is 12.5 Å². The molecule has 0 saturated heterocycles. The van der Waals surface area contributed by atoms with Gasteiger partial charge in [0, 0.05) is 17.8 Å². The van der Waals surface area contributed by atoms with Crippen LogP contribution in [0.3, 0.4) is 0 Å². The van der Waals surface area contributed by atoms with Gasteiger partial charge < -0.3 is 15.4 Å². The molecule has 0 aliphatic heterocycles. The van der Waals surface area contributed by atoms with E-state index in [0.29, 0.717) is 23.9 Å². The van der Waals surface area contributed by atoms with Gasteiger partial charge in [-0.05, 0) is 30.7 Å². The zero-order chi connectivity index (χ0) is 12.1. The number of carbonyl (C=O) groups is 1. The Morgan fingerprint density at radius 3 is 2.88 bits per heavy atom. The van der Waals surface area contributed by atoms with Crippen molar-refractivity contribution < 1.29 is 9.53 Å². The van der Waals surface area contributed by atoms with Crippen LogP contribution in [-0.2, 0) is 11.3 Å². The van der Waals surface area contributed by atoms with E-state index >= 15 is 0 Å². The molecule has 0 aliphatic carbocycles. The molecule has 88 valence electrons. The molecule has 1 aromatic carbocycles. The SMILES string of the molecule is CCOC(=O)N(C)Cc1cc(N)ccc1Cl. The summed E-state index contributed by atoms with van der Waals surface area (Å²) in [5.41, 5.74) is 7.07. The van der Waals surface area contributed by atoms with Crippen molar-refractivity contribution >= 4 is 23.4 Å². The highest BCUT2D eigenvalue weighted by molar-refractivity contribution is 6.31.